The van der Waals surface area contributed by atoms with Crippen molar-refractivity contribution in [3.8, 4) is 0 Å². The predicted molar refractivity (Wildman–Crippen MR) is 95.3 cm³/mol. The predicted octanol–water partition coefficient (Wildman–Crippen LogP) is 6.73. The first-order valence-electron chi connectivity index (χ1n) is 10.9. The summed E-state index contributed by atoms with van der Waals surface area (Å²) in [5.41, 5.74) is 0. The van der Waals surface area contributed by atoms with Crippen LogP contribution in [0.3, 0.4) is 0 Å². The summed E-state index contributed by atoms with van der Waals surface area (Å²) in [6.45, 7) is 2.41. The third-order valence-electron chi connectivity index (χ3n) is 8.54. The first-order valence-corrected chi connectivity index (χ1v) is 10.9. The number of halogens is 2. The molecule has 0 amide bonds. The van der Waals surface area contributed by atoms with Gasteiger partial charge < -0.3 is 0 Å². The molecule has 4 unspecified atom stereocenters. The van der Waals surface area contributed by atoms with E-state index in [1.807, 2.05) is 0 Å². The van der Waals surface area contributed by atoms with Gasteiger partial charge in [0.2, 0.25) is 0 Å². The van der Waals surface area contributed by atoms with E-state index in [0.29, 0.717) is 24.7 Å². The highest BCUT2D eigenvalue weighted by molar-refractivity contribution is 4.95. The summed E-state index contributed by atoms with van der Waals surface area (Å²) < 4.78 is 27.4. The van der Waals surface area contributed by atoms with Crippen LogP contribution in [0.15, 0.2) is 0 Å². The van der Waals surface area contributed by atoms with Crippen LogP contribution in [-0.2, 0) is 0 Å². The van der Waals surface area contributed by atoms with E-state index in [-0.39, 0.29) is 0 Å². The third-order valence-corrected chi connectivity index (χ3v) is 8.54. The Bertz CT molecular complexity index is 388. The van der Waals surface area contributed by atoms with Gasteiger partial charge in [-0.3, -0.25) is 0 Å². The molecule has 0 spiro atoms. The number of alkyl halides is 2. The minimum atomic E-state index is -1.17. The maximum absolute atomic E-state index is 13.7. The highest BCUT2D eigenvalue weighted by Crippen LogP contribution is 2.52. The molecular formula is C22H36F2. The normalized spacial score (nSPS) is 52.9. The summed E-state index contributed by atoms with van der Waals surface area (Å²) in [7, 11) is 0. The molecule has 4 atom stereocenters. The fraction of sp³-hybridized carbons (Fsp3) is 1.00. The smallest absolute Gasteiger partial charge is 0.131 e. The molecule has 4 saturated carbocycles. The second-order valence-corrected chi connectivity index (χ2v) is 9.95. The van der Waals surface area contributed by atoms with Gasteiger partial charge in [-0.25, -0.2) is 8.78 Å². The van der Waals surface area contributed by atoms with Crippen LogP contribution in [0.25, 0.3) is 0 Å². The Labute approximate surface area is 147 Å². The van der Waals surface area contributed by atoms with E-state index in [1.54, 1.807) is 0 Å². The second-order valence-electron chi connectivity index (χ2n) is 9.95. The molecule has 4 rings (SSSR count). The zero-order chi connectivity index (χ0) is 16.7. The maximum atomic E-state index is 13.7. The van der Waals surface area contributed by atoms with Crippen molar-refractivity contribution in [2.75, 3.05) is 0 Å². The standard InChI is InChI=1S/C22H36F2/c1-14-2-4-15(5-3-14)16-6-8-17(9-7-16)18-10-19-12-21(23)22(24)13-20(19)11-18/h14-22H,2-13H2,1H3. The first-order chi connectivity index (χ1) is 11.6. The third kappa shape index (κ3) is 3.54. The van der Waals surface area contributed by atoms with Crippen LogP contribution in [0, 0.1) is 41.4 Å². The van der Waals surface area contributed by atoms with E-state index in [1.165, 1.54) is 64.2 Å². The van der Waals surface area contributed by atoms with Crippen LogP contribution in [0.2, 0.25) is 0 Å². The Morgan fingerprint density at radius 1 is 0.458 bits per heavy atom. The lowest BCUT2D eigenvalue weighted by atomic mass is 9.67. The molecule has 4 aliphatic rings. The monoisotopic (exact) mass is 338 g/mol. The summed E-state index contributed by atoms with van der Waals surface area (Å²) in [4.78, 5) is 0. The molecule has 0 aromatic heterocycles. The molecule has 0 heterocycles. The Morgan fingerprint density at radius 3 is 1.25 bits per heavy atom. The van der Waals surface area contributed by atoms with E-state index >= 15 is 0 Å². The molecule has 0 aromatic rings. The first kappa shape index (κ1) is 17.3. The van der Waals surface area contributed by atoms with Gasteiger partial charge in [0.05, 0.1) is 0 Å². The highest BCUT2D eigenvalue weighted by atomic mass is 19.2. The molecule has 4 aliphatic carbocycles. The molecule has 138 valence electrons. The van der Waals surface area contributed by atoms with Crippen molar-refractivity contribution in [1.29, 1.82) is 0 Å². The second kappa shape index (κ2) is 7.23. The van der Waals surface area contributed by atoms with Crippen LogP contribution in [0.1, 0.15) is 84.0 Å². The molecule has 2 heteroatoms. The van der Waals surface area contributed by atoms with E-state index in [9.17, 15) is 8.78 Å². The largest absolute Gasteiger partial charge is 0.244 e. The van der Waals surface area contributed by atoms with Crippen LogP contribution in [-0.4, -0.2) is 12.3 Å². The zero-order valence-electron chi connectivity index (χ0n) is 15.4. The molecule has 0 aromatic carbocycles. The number of rotatable bonds is 2. The van der Waals surface area contributed by atoms with Gasteiger partial charge in [0.15, 0.2) is 0 Å². The van der Waals surface area contributed by atoms with Crippen LogP contribution in [0.4, 0.5) is 8.78 Å². The van der Waals surface area contributed by atoms with Crippen LogP contribution in [0.5, 0.6) is 0 Å². The summed E-state index contributed by atoms with van der Waals surface area (Å²) >= 11 is 0. The molecule has 0 aliphatic heterocycles. The average molecular weight is 339 g/mol. The number of hydrogen-bond acceptors (Lipinski definition) is 0. The zero-order valence-corrected chi connectivity index (χ0v) is 15.4. The maximum Gasteiger partial charge on any atom is 0.131 e. The van der Waals surface area contributed by atoms with Crippen molar-refractivity contribution in [2.24, 2.45) is 41.4 Å². The van der Waals surface area contributed by atoms with Crippen molar-refractivity contribution in [3.05, 3.63) is 0 Å². The molecule has 4 fully saturated rings. The molecule has 0 saturated heterocycles. The fourth-order valence-corrected chi connectivity index (χ4v) is 6.94. The van der Waals surface area contributed by atoms with Gasteiger partial charge in [0.25, 0.3) is 0 Å². The number of fused-ring (bicyclic) bond motifs is 1. The van der Waals surface area contributed by atoms with Gasteiger partial charge in [0, 0.05) is 0 Å². The Kier molecular flexibility index (Phi) is 5.21. The van der Waals surface area contributed by atoms with Crippen molar-refractivity contribution in [3.63, 3.8) is 0 Å². The van der Waals surface area contributed by atoms with Gasteiger partial charge in [-0.1, -0.05) is 19.8 Å². The molecule has 0 radical (unpaired) electrons. The van der Waals surface area contributed by atoms with Gasteiger partial charge in [-0.15, -0.1) is 0 Å². The Balaban J connectivity index is 1.26. The summed E-state index contributed by atoms with van der Waals surface area (Å²) in [5.74, 6) is 5.59. The minimum absolute atomic E-state index is 0.495. The van der Waals surface area contributed by atoms with Gasteiger partial charge in [-0.05, 0) is 106 Å². The topological polar surface area (TPSA) is 0 Å². The Hall–Kier alpha value is -0.140. The van der Waals surface area contributed by atoms with Gasteiger partial charge in [0.1, 0.15) is 12.3 Å². The van der Waals surface area contributed by atoms with E-state index in [0.717, 1.165) is 29.6 Å². The SMILES string of the molecule is CC1CCC(C2CCC(C3CC4CC(F)C(F)CC4C3)CC2)CC1. The fourth-order valence-electron chi connectivity index (χ4n) is 6.94. The van der Waals surface area contributed by atoms with E-state index in [2.05, 4.69) is 6.92 Å². The van der Waals surface area contributed by atoms with Crippen molar-refractivity contribution < 1.29 is 8.78 Å². The molecule has 0 bridgehead atoms. The van der Waals surface area contributed by atoms with E-state index in [4.69, 9.17) is 0 Å². The van der Waals surface area contributed by atoms with Gasteiger partial charge in [-0.2, -0.15) is 0 Å². The van der Waals surface area contributed by atoms with Crippen molar-refractivity contribution >= 4 is 0 Å². The lowest BCUT2D eigenvalue weighted by Crippen LogP contribution is -2.31. The summed E-state index contributed by atoms with van der Waals surface area (Å²) in [6, 6.07) is 0. The minimum Gasteiger partial charge on any atom is -0.244 e. The Morgan fingerprint density at radius 2 is 0.792 bits per heavy atom. The van der Waals surface area contributed by atoms with E-state index < -0.39 is 12.3 Å². The van der Waals surface area contributed by atoms with Crippen LogP contribution >= 0.6 is 0 Å². The molecule has 0 nitrogen and oxygen atoms in total. The van der Waals surface area contributed by atoms with Gasteiger partial charge >= 0.3 is 0 Å². The molecular weight excluding hydrogens is 302 g/mol. The quantitative estimate of drug-likeness (QED) is 0.523. The van der Waals surface area contributed by atoms with Crippen LogP contribution < -0.4 is 0 Å². The van der Waals surface area contributed by atoms with Crippen molar-refractivity contribution in [2.45, 2.75) is 96.3 Å². The lowest BCUT2D eigenvalue weighted by molar-refractivity contribution is 0.0628. The lowest BCUT2D eigenvalue weighted by Gasteiger charge is -2.38. The molecule has 24 heavy (non-hydrogen) atoms. The summed E-state index contributed by atoms with van der Waals surface area (Å²) in [5, 5.41) is 0. The summed E-state index contributed by atoms with van der Waals surface area (Å²) in [6.07, 6.45) is 12.6. The molecule has 0 N–H and O–H groups in total. The van der Waals surface area contributed by atoms with Crippen molar-refractivity contribution in [1.82, 2.24) is 0 Å². The highest BCUT2D eigenvalue weighted by Gasteiger charge is 2.45. The number of hydrogen-bond donors (Lipinski definition) is 0. The average Bonchev–Trinajstić information content (AvgIpc) is 2.99.